The summed E-state index contributed by atoms with van der Waals surface area (Å²) in [6.07, 6.45) is 0.767. The minimum Gasteiger partial charge on any atom is -0.381 e. The first kappa shape index (κ1) is 14.1. The number of carbonyl (C=O) groups is 2. The molecule has 0 aromatic carbocycles. The molecule has 0 aromatic heterocycles. The fourth-order valence-corrected chi connectivity index (χ4v) is 1.01. The van der Waals surface area contributed by atoms with Gasteiger partial charge in [0.2, 0.25) is 5.91 Å². The van der Waals surface area contributed by atoms with E-state index in [1.54, 1.807) is 0 Å². The lowest BCUT2D eigenvalue weighted by molar-refractivity contribution is -0.127. The van der Waals surface area contributed by atoms with E-state index < -0.39 is 0 Å². The van der Waals surface area contributed by atoms with Gasteiger partial charge in [-0.3, -0.25) is 9.59 Å². The summed E-state index contributed by atoms with van der Waals surface area (Å²) in [7, 11) is 0. The van der Waals surface area contributed by atoms with Crippen LogP contribution in [-0.4, -0.2) is 31.4 Å². The van der Waals surface area contributed by atoms with Gasteiger partial charge in [0.15, 0.2) is 0 Å². The highest BCUT2D eigenvalue weighted by molar-refractivity contribution is 5.96. The minimum absolute atomic E-state index is 0.0210. The zero-order valence-electron chi connectivity index (χ0n) is 9.84. The molecule has 0 spiro atoms. The lowest BCUT2D eigenvalue weighted by atomic mass is 10.2. The van der Waals surface area contributed by atoms with Gasteiger partial charge >= 0.3 is 0 Å². The quantitative estimate of drug-likeness (QED) is 0.488. The number of hydrogen-bond donors (Lipinski definition) is 1. The third kappa shape index (κ3) is 11.0. The molecule has 88 valence electrons. The zero-order valence-corrected chi connectivity index (χ0v) is 9.84. The van der Waals surface area contributed by atoms with Crippen LogP contribution >= 0.6 is 0 Å². The van der Waals surface area contributed by atoms with Gasteiger partial charge in [-0.2, -0.15) is 0 Å². The number of Topliss-reactive ketones (excluding diaryl/α,β-unsaturated/α-hetero) is 1. The maximum atomic E-state index is 11.0. The predicted molar refractivity (Wildman–Crippen MR) is 58.6 cm³/mol. The highest BCUT2D eigenvalue weighted by Crippen LogP contribution is 1.93. The summed E-state index contributed by atoms with van der Waals surface area (Å²) in [6, 6.07) is 0. The van der Waals surface area contributed by atoms with Gasteiger partial charge in [-0.1, -0.05) is 13.8 Å². The molecule has 0 atom stereocenters. The van der Waals surface area contributed by atoms with Crippen LogP contribution in [0.4, 0.5) is 0 Å². The Morgan fingerprint density at radius 2 is 2.00 bits per heavy atom. The van der Waals surface area contributed by atoms with Gasteiger partial charge in [0.1, 0.15) is 5.78 Å². The molecule has 0 heterocycles. The van der Waals surface area contributed by atoms with Gasteiger partial charge in [0.25, 0.3) is 0 Å². The number of ketones is 1. The standard InChI is InChI=1S/C11H21NO3/c1-9(2)8-15-6-4-5-12-11(14)7-10(3)13/h9H,4-8H2,1-3H3,(H,12,14). The van der Waals surface area contributed by atoms with Gasteiger partial charge in [-0.05, 0) is 19.3 Å². The Hall–Kier alpha value is -0.900. The molecule has 0 saturated carbocycles. The second-order valence-corrected chi connectivity index (χ2v) is 4.05. The summed E-state index contributed by atoms with van der Waals surface area (Å²) in [5, 5.41) is 2.66. The van der Waals surface area contributed by atoms with Gasteiger partial charge in [-0.15, -0.1) is 0 Å². The van der Waals surface area contributed by atoms with E-state index in [4.69, 9.17) is 4.74 Å². The Bertz CT molecular complexity index is 202. The Morgan fingerprint density at radius 3 is 2.53 bits per heavy atom. The van der Waals surface area contributed by atoms with Crippen molar-refractivity contribution in [1.82, 2.24) is 5.32 Å². The average molecular weight is 215 g/mol. The molecular formula is C11H21NO3. The molecule has 4 heteroatoms. The molecular weight excluding hydrogens is 194 g/mol. The van der Waals surface area contributed by atoms with Gasteiger partial charge < -0.3 is 10.1 Å². The maximum Gasteiger partial charge on any atom is 0.227 e. The lowest BCUT2D eigenvalue weighted by Crippen LogP contribution is -2.26. The van der Waals surface area contributed by atoms with Crippen molar-refractivity contribution in [3.05, 3.63) is 0 Å². The molecule has 0 fully saturated rings. The van der Waals surface area contributed by atoms with Gasteiger partial charge in [0, 0.05) is 19.8 Å². The first-order valence-electron chi connectivity index (χ1n) is 5.36. The van der Waals surface area contributed by atoms with E-state index in [0.29, 0.717) is 19.1 Å². The molecule has 0 aliphatic rings. The third-order valence-corrected chi connectivity index (χ3v) is 1.65. The van der Waals surface area contributed by atoms with Crippen LogP contribution in [0.2, 0.25) is 0 Å². The van der Waals surface area contributed by atoms with Crippen molar-refractivity contribution in [1.29, 1.82) is 0 Å². The number of amides is 1. The Kier molecular flexibility index (Phi) is 7.91. The lowest BCUT2D eigenvalue weighted by Gasteiger charge is -2.07. The fourth-order valence-electron chi connectivity index (χ4n) is 1.01. The van der Waals surface area contributed by atoms with Crippen LogP contribution in [0.25, 0.3) is 0 Å². The highest BCUT2D eigenvalue weighted by Gasteiger charge is 2.03. The van der Waals surface area contributed by atoms with Crippen LogP contribution in [0, 0.1) is 5.92 Å². The molecule has 0 saturated heterocycles. The summed E-state index contributed by atoms with van der Waals surface area (Å²) in [6.45, 7) is 7.57. The first-order chi connectivity index (χ1) is 7.02. The van der Waals surface area contributed by atoms with E-state index in [2.05, 4.69) is 19.2 Å². The Labute approximate surface area is 91.4 Å². The number of carbonyl (C=O) groups excluding carboxylic acids is 2. The molecule has 0 aliphatic carbocycles. The summed E-state index contributed by atoms with van der Waals surface area (Å²) in [5.74, 6) is 0.229. The molecule has 15 heavy (non-hydrogen) atoms. The van der Waals surface area contributed by atoms with E-state index in [-0.39, 0.29) is 18.1 Å². The SMILES string of the molecule is CC(=O)CC(=O)NCCCOCC(C)C. The van der Waals surface area contributed by atoms with Crippen LogP contribution in [-0.2, 0) is 14.3 Å². The first-order valence-corrected chi connectivity index (χ1v) is 5.36. The molecule has 0 unspecified atom stereocenters. The van der Waals surface area contributed by atoms with Crippen molar-refractivity contribution in [3.8, 4) is 0 Å². The molecule has 0 bridgehead atoms. The van der Waals surface area contributed by atoms with E-state index in [1.807, 2.05) is 0 Å². The van der Waals surface area contributed by atoms with Crippen molar-refractivity contribution < 1.29 is 14.3 Å². The van der Waals surface area contributed by atoms with Gasteiger partial charge in [-0.25, -0.2) is 0 Å². The number of ether oxygens (including phenoxy) is 1. The smallest absolute Gasteiger partial charge is 0.227 e. The van der Waals surface area contributed by atoms with Crippen molar-refractivity contribution in [3.63, 3.8) is 0 Å². The fraction of sp³-hybridized carbons (Fsp3) is 0.818. The monoisotopic (exact) mass is 215 g/mol. The highest BCUT2D eigenvalue weighted by atomic mass is 16.5. The summed E-state index contributed by atoms with van der Waals surface area (Å²) in [4.78, 5) is 21.6. The molecule has 0 rings (SSSR count). The third-order valence-electron chi connectivity index (χ3n) is 1.65. The van der Waals surface area contributed by atoms with Crippen molar-refractivity contribution in [2.75, 3.05) is 19.8 Å². The maximum absolute atomic E-state index is 11.0. The zero-order chi connectivity index (χ0) is 11.7. The molecule has 1 N–H and O–H groups in total. The topological polar surface area (TPSA) is 55.4 Å². The molecule has 4 nitrogen and oxygen atoms in total. The Morgan fingerprint density at radius 1 is 1.33 bits per heavy atom. The van der Waals surface area contributed by atoms with E-state index >= 15 is 0 Å². The summed E-state index contributed by atoms with van der Waals surface area (Å²) < 4.78 is 5.34. The summed E-state index contributed by atoms with van der Waals surface area (Å²) in [5.41, 5.74) is 0. The molecule has 0 aromatic rings. The van der Waals surface area contributed by atoms with Crippen molar-refractivity contribution in [2.45, 2.75) is 33.6 Å². The van der Waals surface area contributed by atoms with Crippen LogP contribution in [0.3, 0.4) is 0 Å². The summed E-state index contributed by atoms with van der Waals surface area (Å²) >= 11 is 0. The van der Waals surface area contributed by atoms with Crippen LogP contribution < -0.4 is 5.32 Å². The molecule has 0 radical (unpaired) electrons. The predicted octanol–water partition coefficient (Wildman–Crippen LogP) is 1.14. The van der Waals surface area contributed by atoms with Crippen molar-refractivity contribution in [2.24, 2.45) is 5.92 Å². The molecule has 1 amide bonds. The van der Waals surface area contributed by atoms with Gasteiger partial charge in [0.05, 0.1) is 6.42 Å². The van der Waals surface area contributed by atoms with Crippen molar-refractivity contribution >= 4 is 11.7 Å². The normalized spacial score (nSPS) is 10.4. The van der Waals surface area contributed by atoms with E-state index in [9.17, 15) is 9.59 Å². The van der Waals surface area contributed by atoms with Crippen LogP contribution in [0.15, 0.2) is 0 Å². The second-order valence-electron chi connectivity index (χ2n) is 4.05. The minimum atomic E-state index is -0.202. The Balaban J connectivity index is 3.24. The second kappa shape index (κ2) is 8.41. The van der Waals surface area contributed by atoms with E-state index in [0.717, 1.165) is 13.0 Å². The largest absolute Gasteiger partial charge is 0.381 e. The van der Waals surface area contributed by atoms with Crippen LogP contribution in [0.5, 0.6) is 0 Å². The van der Waals surface area contributed by atoms with E-state index in [1.165, 1.54) is 6.92 Å². The average Bonchev–Trinajstić information content (AvgIpc) is 2.09. The number of rotatable bonds is 8. The number of nitrogens with one attached hydrogen (secondary N) is 1. The molecule has 0 aliphatic heterocycles. The number of hydrogen-bond acceptors (Lipinski definition) is 3. The van der Waals surface area contributed by atoms with Crippen LogP contribution in [0.1, 0.15) is 33.6 Å².